The normalized spacial score (nSPS) is 11.4. The van der Waals surface area contributed by atoms with Gasteiger partial charge in [0.15, 0.2) is 0 Å². The second kappa shape index (κ2) is 10.6. The molecule has 36 heavy (non-hydrogen) atoms. The summed E-state index contributed by atoms with van der Waals surface area (Å²) in [5.41, 5.74) is 4.15. The van der Waals surface area contributed by atoms with Crippen molar-refractivity contribution in [2.24, 2.45) is 0 Å². The maximum atomic E-state index is 11.3. The van der Waals surface area contributed by atoms with E-state index in [4.69, 9.17) is 9.26 Å². The minimum atomic E-state index is -0.922. The van der Waals surface area contributed by atoms with Crippen LogP contribution in [0.15, 0.2) is 75.2 Å². The predicted octanol–water partition coefficient (Wildman–Crippen LogP) is 6.83. The standard InChI is InChI=1S/C27H25N3O4S2/c1-17(2)25-22(23(29-34-25)16-36-27-28-9-11-35-27)15-33-21-6-7-24-19(13-21)8-10-30(24)14-18-4-3-5-20(12-18)26(31)32/h3-13,17H,14-16H2,1-2H3,(H,31,32). The molecule has 0 saturated carbocycles. The van der Waals surface area contributed by atoms with Gasteiger partial charge in [0.2, 0.25) is 0 Å². The largest absolute Gasteiger partial charge is 0.489 e. The maximum absolute atomic E-state index is 11.3. The van der Waals surface area contributed by atoms with E-state index in [2.05, 4.69) is 28.6 Å². The number of aromatic carboxylic acids is 1. The molecular weight excluding hydrogens is 494 g/mol. The van der Waals surface area contributed by atoms with Crippen LogP contribution in [0.2, 0.25) is 0 Å². The van der Waals surface area contributed by atoms with E-state index in [1.165, 1.54) is 0 Å². The SMILES string of the molecule is CC(C)c1onc(CSc2nccs2)c1COc1ccc2c(ccn2Cc2cccc(C(=O)O)c2)c1. The average molecular weight is 520 g/mol. The van der Waals surface area contributed by atoms with Crippen LogP contribution < -0.4 is 4.74 Å². The van der Waals surface area contributed by atoms with Crippen molar-refractivity contribution in [3.8, 4) is 5.75 Å². The van der Waals surface area contributed by atoms with Crippen LogP contribution in [-0.4, -0.2) is 25.8 Å². The van der Waals surface area contributed by atoms with Gasteiger partial charge in [-0.2, -0.15) is 0 Å². The number of nitrogens with zero attached hydrogens (tertiary/aromatic N) is 3. The molecule has 0 fully saturated rings. The fourth-order valence-electron chi connectivity index (χ4n) is 4.05. The van der Waals surface area contributed by atoms with Crippen molar-refractivity contribution in [2.45, 2.75) is 43.0 Å². The van der Waals surface area contributed by atoms with E-state index in [0.717, 1.165) is 43.6 Å². The zero-order valence-corrected chi connectivity index (χ0v) is 21.5. The molecular formula is C27H25N3O4S2. The van der Waals surface area contributed by atoms with Crippen LogP contribution >= 0.6 is 23.1 Å². The lowest BCUT2D eigenvalue weighted by Crippen LogP contribution is -2.02. The first kappa shape index (κ1) is 24.1. The molecule has 0 radical (unpaired) electrons. The minimum Gasteiger partial charge on any atom is -0.489 e. The van der Waals surface area contributed by atoms with Crippen molar-refractivity contribution in [3.63, 3.8) is 0 Å². The Hall–Kier alpha value is -3.56. The van der Waals surface area contributed by atoms with E-state index in [1.807, 2.05) is 41.9 Å². The summed E-state index contributed by atoms with van der Waals surface area (Å²) in [6.45, 7) is 5.13. The number of carbonyl (C=O) groups is 1. The number of thioether (sulfide) groups is 1. The fourth-order valence-corrected chi connectivity index (χ4v) is 5.65. The van der Waals surface area contributed by atoms with Crippen LogP contribution in [0, 0.1) is 0 Å². The van der Waals surface area contributed by atoms with E-state index in [9.17, 15) is 9.90 Å². The Balaban J connectivity index is 1.31. The lowest BCUT2D eigenvalue weighted by molar-refractivity contribution is 0.0696. The highest BCUT2D eigenvalue weighted by molar-refractivity contribution is 8.00. The van der Waals surface area contributed by atoms with Gasteiger partial charge in [-0.3, -0.25) is 0 Å². The number of carboxylic acid groups (broad SMARTS) is 1. The van der Waals surface area contributed by atoms with E-state index < -0.39 is 5.97 Å². The lowest BCUT2D eigenvalue weighted by atomic mass is 10.1. The Morgan fingerprint density at radius 2 is 2.11 bits per heavy atom. The number of rotatable bonds is 10. The molecule has 184 valence electrons. The molecule has 3 heterocycles. The molecule has 0 unspecified atom stereocenters. The average Bonchev–Trinajstić information content (AvgIpc) is 3.62. The molecule has 0 aliphatic rings. The minimum absolute atomic E-state index is 0.200. The van der Waals surface area contributed by atoms with Crippen molar-refractivity contribution < 1.29 is 19.2 Å². The Morgan fingerprint density at radius 1 is 1.22 bits per heavy atom. The van der Waals surface area contributed by atoms with Gasteiger partial charge in [-0.05, 0) is 42.0 Å². The molecule has 0 aliphatic heterocycles. The van der Waals surface area contributed by atoms with Crippen molar-refractivity contribution >= 4 is 40.0 Å². The first-order valence-corrected chi connectivity index (χ1v) is 13.4. The number of thiazole rings is 1. The van der Waals surface area contributed by atoms with Gasteiger partial charge < -0.3 is 18.9 Å². The highest BCUT2D eigenvalue weighted by atomic mass is 32.2. The van der Waals surface area contributed by atoms with Gasteiger partial charge in [-0.15, -0.1) is 11.3 Å². The number of hydrogen-bond acceptors (Lipinski definition) is 7. The van der Waals surface area contributed by atoms with Gasteiger partial charge in [0.05, 0.1) is 11.1 Å². The van der Waals surface area contributed by atoms with Crippen molar-refractivity contribution in [3.05, 3.63) is 94.4 Å². The molecule has 5 aromatic rings. The molecule has 0 amide bonds. The first-order valence-electron chi connectivity index (χ1n) is 11.5. The van der Waals surface area contributed by atoms with Crippen LogP contribution in [0.5, 0.6) is 5.75 Å². The number of carboxylic acids is 1. The van der Waals surface area contributed by atoms with Gasteiger partial charge in [-0.25, -0.2) is 9.78 Å². The molecule has 0 spiro atoms. The third kappa shape index (κ3) is 5.32. The number of ether oxygens (including phenoxy) is 1. The van der Waals surface area contributed by atoms with E-state index in [1.54, 1.807) is 47.5 Å². The van der Waals surface area contributed by atoms with E-state index in [0.29, 0.717) is 24.5 Å². The third-order valence-corrected chi connectivity index (χ3v) is 7.80. The summed E-state index contributed by atoms with van der Waals surface area (Å²) in [5.74, 6) is 1.57. The van der Waals surface area contributed by atoms with Crippen LogP contribution in [0.3, 0.4) is 0 Å². The van der Waals surface area contributed by atoms with Crippen LogP contribution in [0.1, 0.15) is 52.7 Å². The predicted molar refractivity (Wildman–Crippen MR) is 141 cm³/mol. The van der Waals surface area contributed by atoms with Crippen molar-refractivity contribution in [2.75, 3.05) is 0 Å². The molecule has 7 nitrogen and oxygen atoms in total. The second-order valence-corrected chi connectivity index (χ2v) is 10.8. The summed E-state index contributed by atoms with van der Waals surface area (Å²) >= 11 is 3.25. The Bertz CT molecular complexity index is 1490. The van der Waals surface area contributed by atoms with Gasteiger partial charge >= 0.3 is 5.97 Å². The quantitative estimate of drug-likeness (QED) is 0.202. The highest BCUT2D eigenvalue weighted by Gasteiger charge is 2.20. The zero-order valence-electron chi connectivity index (χ0n) is 19.9. The molecule has 0 saturated heterocycles. The third-order valence-electron chi connectivity index (χ3n) is 5.82. The highest BCUT2D eigenvalue weighted by Crippen LogP contribution is 2.31. The summed E-state index contributed by atoms with van der Waals surface area (Å²) in [7, 11) is 0. The zero-order chi connectivity index (χ0) is 25.1. The van der Waals surface area contributed by atoms with E-state index >= 15 is 0 Å². The molecule has 0 bridgehead atoms. The molecule has 3 aromatic heterocycles. The molecule has 9 heteroatoms. The number of aromatic nitrogens is 3. The topological polar surface area (TPSA) is 90.4 Å². The molecule has 5 rings (SSSR count). The number of fused-ring (bicyclic) bond motifs is 1. The first-order chi connectivity index (χ1) is 17.5. The van der Waals surface area contributed by atoms with Gasteiger partial charge in [0, 0.05) is 46.9 Å². The van der Waals surface area contributed by atoms with Gasteiger partial charge in [-0.1, -0.05) is 42.9 Å². The molecule has 2 aromatic carbocycles. The second-order valence-electron chi connectivity index (χ2n) is 8.67. The Labute approximate surface area is 216 Å². The summed E-state index contributed by atoms with van der Waals surface area (Å²) in [5, 5.41) is 16.6. The fraction of sp³-hybridized carbons (Fsp3) is 0.222. The summed E-state index contributed by atoms with van der Waals surface area (Å²) in [6, 6.07) is 15.1. The number of benzene rings is 2. The summed E-state index contributed by atoms with van der Waals surface area (Å²) in [4.78, 5) is 15.6. The summed E-state index contributed by atoms with van der Waals surface area (Å²) in [6.07, 6.45) is 3.81. The Morgan fingerprint density at radius 3 is 2.89 bits per heavy atom. The lowest BCUT2D eigenvalue weighted by Gasteiger charge is -2.10. The van der Waals surface area contributed by atoms with Crippen LogP contribution in [0.4, 0.5) is 0 Å². The van der Waals surface area contributed by atoms with Crippen LogP contribution in [0.25, 0.3) is 10.9 Å². The summed E-state index contributed by atoms with van der Waals surface area (Å²) < 4.78 is 15.0. The Kier molecular flexibility index (Phi) is 7.11. The number of hydrogen-bond donors (Lipinski definition) is 1. The van der Waals surface area contributed by atoms with E-state index in [-0.39, 0.29) is 5.92 Å². The monoisotopic (exact) mass is 519 g/mol. The van der Waals surface area contributed by atoms with Crippen molar-refractivity contribution in [1.29, 1.82) is 0 Å². The van der Waals surface area contributed by atoms with Gasteiger partial charge in [0.25, 0.3) is 0 Å². The molecule has 0 aliphatic carbocycles. The van der Waals surface area contributed by atoms with Crippen LogP contribution in [-0.2, 0) is 18.9 Å². The van der Waals surface area contributed by atoms with Crippen molar-refractivity contribution in [1.82, 2.24) is 14.7 Å². The molecule has 0 atom stereocenters. The smallest absolute Gasteiger partial charge is 0.335 e. The maximum Gasteiger partial charge on any atom is 0.335 e. The van der Waals surface area contributed by atoms with Gasteiger partial charge in [0.1, 0.15) is 28.2 Å². The molecule has 1 N–H and O–H groups in total.